The molecule has 9 nitrogen and oxygen atoms in total. The van der Waals surface area contributed by atoms with Crippen molar-refractivity contribution in [3.63, 3.8) is 0 Å². The summed E-state index contributed by atoms with van der Waals surface area (Å²) in [4.78, 5) is 23.0. The summed E-state index contributed by atoms with van der Waals surface area (Å²) in [5, 5.41) is 7.99. The summed E-state index contributed by atoms with van der Waals surface area (Å²) in [7, 11) is -4.27. The maximum absolute atomic E-state index is 12.0. The maximum Gasteiger partial charge on any atom is 0.336 e. The van der Waals surface area contributed by atoms with Gasteiger partial charge in [-0.2, -0.15) is 18.6 Å². The molecule has 1 N–H and O–H groups in total. The summed E-state index contributed by atoms with van der Waals surface area (Å²) < 4.78 is 41.3. The molecule has 3 aromatic rings. The number of nitrogens with zero attached hydrogens (tertiary/aromatic N) is 2. The lowest BCUT2D eigenvalue weighted by Crippen LogP contribution is -2.03. The topological polar surface area (TPSA) is 132 Å². The second-order valence-corrected chi connectivity index (χ2v) is 8.03. The minimum absolute atomic E-state index is 0.238. The highest BCUT2D eigenvalue weighted by molar-refractivity contribution is 7.85. The molecule has 0 spiro atoms. The van der Waals surface area contributed by atoms with Crippen LogP contribution < -0.4 is 9.47 Å². The van der Waals surface area contributed by atoms with Gasteiger partial charge in [0.25, 0.3) is 10.1 Å². The predicted molar refractivity (Wildman–Crippen MR) is 124 cm³/mol. The molecule has 0 aliphatic heterocycles. The zero-order chi connectivity index (χ0) is 24.6. The maximum atomic E-state index is 12.0. The zero-order valence-corrected chi connectivity index (χ0v) is 18.4. The van der Waals surface area contributed by atoms with Gasteiger partial charge in [0, 0.05) is 12.2 Å². The van der Waals surface area contributed by atoms with E-state index in [2.05, 4.69) is 16.8 Å². The lowest BCUT2D eigenvalue weighted by Gasteiger charge is -2.02. The van der Waals surface area contributed by atoms with Crippen molar-refractivity contribution in [1.29, 1.82) is 0 Å². The van der Waals surface area contributed by atoms with Gasteiger partial charge >= 0.3 is 11.9 Å². The third-order valence-corrected chi connectivity index (χ3v) is 5.02. The first-order chi connectivity index (χ1) is 16.2. The molecule has 0 amide bonds. The molecule has 0 radical (unpaired) electrons. The highest BCUT2D eigenvalue weighted by Crippen LogP contribution is 2.22. The SMILES string of the molecule is C=CC(=O)Oc1ccc(/C=C/C(=O)Oc2ccc(N=Nc3ccc(S(=O)(=O)O)cc3)cc2)cc1. The Bertz CT molecular complexity index is 1340. The Morgan fingerprint density at radius 1 is 0.765 bits per heavy atom. The van der Waals surface area contributed by atoms with E-state index < -0.39 is 22.1 Å². The molecule has 0 saturated carbocycles. The van der Waals surface area contributed by atoms with Gasteiger partial charge in [0.15, 0.2) is 0 Å². The van der Waals surface area contributed by atoms with E-state index >= 15 is 0 Å². The Balaban J connectivity index is 1.54. The van der Waals surface area contributed by atoms with Crippen molar-refractivity contribution in [2.24, 2.45) is 10.2 Å². The molecule has 34 heavy (non-hydrogen) atoms. The van der Waals surface area contributed by atoms with Gasteiger partial charge in [-0.05, 0) is 72.3 Å². The fourth-order valence-corrected chi connectivity index (χ4v) is 2.98. The van der Waals surface area contributed by atoms with Crippen LogP contribution in [0.5, 0.6) is 11.5 Å². The van der Waals surface area contributed by atoms with Crippen LogP contribution in [-0.4, -0.2) is 24.9 Å². The fraction of sp³-hybridized carbons (Fsp3) is 0. The highest BCUT2D eigenvalue weighted by Gasteiger charge is 2.08. The van der Waals surface area contributed by atoms with Crippen LogP contribution in [0, 0.1) is 0 Å². The van der Waals surface area contributed by atoms with Gasteiger partial charge in [0.2, 0.25) is 0 Å². The molecular formula is C24H18N2O7S. The number of carbonyl (C=O) groups excluding carboxylic acids is 2. The third-order valence-electron chi connectivity index (χ3n) is 4.15. The van der Waals surface area contributed by atoms with Gasteiger partial charge in [-0.3, -0.25) is 4.55 Å². The monoisotopic (exact) mass is 478 g/mol. The molecule has 0 aliphatic carbocycles. The zero-order valence-electron chi connectivity index (χ0n) is 17.6. The standard InChI is InChI=1S/C24H18N2O7S/c1-2-23(27)32-20-10-3-17(4-11-20)5-16-24(28)33-21-12-6-18(7-13-21)25-26-19-8-14-22(15-9-19)34(29,30)31/h2-16H,1H2,(H,29,30,31)/b16-5+,26-25?. The number of benzene rings is 3. The molecule has 0 unspecified atom stereocenters. The predicted octanol–water partition coefficient (Wildman–Crippen LogP) is 5.06. The van der Waals surface area contributed by atoms with Crippen molar-refractivity contribution < 1.29 is 32.0 Å². The van der Waals surface area contributed by atoms with E-state index in [0.29, 0.717) is 28.4 Å². The van der Waals surface area contributed by atoms with E-state index in [4.69, 9.17) is 14.0 Å². The van der Waals surface area contributed by atoms with E-state index in [1.54, 1.807) is 54.6 Å². The summed E-state index contributed by atoms with van der Waals surface area (Å²) in [6.07, 6.45) is 3.87. The van der Waals surface area contributed by atoms with E-state index in [-0.39, 0.29) is 4.90 Å². The van der Waals surface area contributed by atoms with E-state index in [1.807, 2.05) is 0 Å². The summed E-state index contributed by atoms with van der Waals surface area (Å²) >= 11 is 0. The Hall–Kier alpha value is -4.41. The van der Waals surface area contributed by atoms with Crippen molar-refractivity contribution >= 4 is 39.5 Å². The molecule has 3 rings (SSSR count). The van der Waals surface area contributed by atoms with Gasteiger partial charge in [-0.15, -0.1) is 0 Å². The quantitative estimate of drug-likeness (QED) is 0.157. The van der Waals surface area contributed by atoms with E-state index in [1.165, 1.54) is 30.3 Å². The van der Waals surface area contributed by atoms with Crippen LogP contribution in [0.25, 0.3) is 6.08 Å². The van der Waals surface area contributed by atoms with Gasteiger partial charge in [0.1, 0.15) is 11.5 Å². The molecule has 0 atom stereocenters. The van der Waals surface area contributed by atoms with Crippen molar-refractivity contribution in [3.8, 4) is 11.5 Å². The first-order valence-corrected chi connectivity index (χ1v) is 11.1. The lowest BCUT2D eigenvalue weighted by molar-refractivity contribution is -0.129. The summed E-state index contributed by atoms with van der Waals surface area (Å²) in [5.41, 5.74) is 1.57. The van der Waals surface area contributed by atoms with Crippen molar-refractivity contribution in [2.45, 2.75) is 4.90 Å². The van der Waals surface area contributed by atoms with Gasteiger partial charge in [-0.25, -0.2) is 9.59 Å². The molecule has 0 bridgehead atoms. The van der Waals surface area contributed by atoms with Crippen molar-refractivity contribution in [3.05, 3.63) is 97.1 Å². The minimum atomic E-state index is -4.27. The molecule has 0 heterocycles. The molecule has 10 heteroatoms. The number of rotatable bonds is 8. The first-order valence-electron chi connectivity index (χ1n) is 9.66. The summed E-state index contributed by atoms with van der Waals surface area (Å²) in [6.45, 7) is 3.32. The largest absolute Gasteiger partial charge is 0.423 e. The second kappa shape index (κ2) is 10.9. The fourth-order valence-electron chi connectivity index (χ4n) is 2.50. The number of carbonyl (C=O) groups is 2. The molecule has 0 aromatic heterocycles. The van der Waals surface area contributed by atoms with Gasteiger partial charge in [-0.1, -0.05) is 18.7 Å². The van der Waals surface area contributed by atoms with E-state index in [0.717, 1.165) is 6.08 Å². The van der Waals surface area contributed by atoms with Crippen molar-refractivity contribution in [1.82, 2.24) is 0 Å². The van der Waals surface area contributed by atoms with E-state index in [9.17, 15) is 18.0 Å². The number of hydrogen-bond donors (Lipinski definition) is 1. The van der Waals surface area contributed by atoms with Gasteiger partial charge in [0.05, 0.1) is 16.3 Å². The number of esters is 2. The average molecular weight is 478 g/mol. The molecular weight excluding hydrogens is 460 g/mol. The average Bonchev–Trinajstić information content (AvgIpc) is 2.83. The summed E-state index contributed by atoms with van der Waals surface area (Å²) in [6, 6.07) is 18.0. The third kappa shape index (κ3) is 7.33. The summed E-state index contributed by atoms with van der Waals surface area (Å²) in [5.74, 6) is -0.487. The first kappa shape index (κ1) is 24.2. The highest BCUT2D eigenvalue weighted by atomic mass is 32.2. The normalized spacial score (nSPS) is 11.4. The van der Waals surface area contributed by atoms with Crippen LogP contribution in [0.3, 0.4) is 0 Å². The Kier molecular flexibility index (Phi) is 7.80. The second-order valence-electron chi connectivity index (χ2n) is 6.61. The number of hydrogen-bond acceptors (Lipinski definition) is 8. The Labute approximate surface area is 195 Å². The number of ether oxygens (including phenoxy) is 2. The van der Waals surface area contributed by atoms with Crippen LogP contribution in [0.2, 0.25) is 0 Å². The van der Waals surface area contributed by atoms with Crippen LogP contribution in [-0.2, 0) is 19.7 Å². The molecule has 3 aromatic carbocycles. The van der Waals surface area contributed by atoms with Crippen LogP contribution in [0.1, 0.15) is 5.56 Å². The van der Waals surface area contributed by atoms with Crippen molar-refractivity contribution in [2.75, 3.05) is 0 Å². The smallest absolute Gasteiger partial charge is 0.336 e. The van der Waals surface area contributed by atoms with Crippen LogP contribution >= 0.6 is 0 Å². The number of azo groups is 1. The molecule has 0 aliphatic rings. The lowest BCUT2D eigenvalue weighted by atomic mass is 10.2. The Morgan fingerprint density at radius 3 is 1.74 bits per heavy atom. The van der Waals surface area contributed by atoms with Crippen LogP contribution in [0.15, 0.2) is 107 Å². The minimum Gasteiger partial charge on any atom is -0.423 e. The van der Waals surface area contributed by atoms with Gasteiger partial charge < -0.3 is 9.47 Å². The van der Waals surface area contributed by atoms with Crippen LogP contribution in [0.4, 0.5) is 11.4 Å². The molecule has 172 valence electrons. The molecule has 0 saturated heterocycles. The Morgan fingerprint density at radius 2 is 1.24 bits per heavy atom. The molecule has 0 fully saturated rings.